The van der Waals surface area contributed by atoms with E-state index in [-0.39, 0.29) is 0 Å². The Hall–Kier alpha value is -1.43. The second kappa shape index (κ2) is 6.13. The Balaban J connectivity index is 2.20. The molecule has 3 aromatic rings. The summed E-state index contributed by atoms with van der Waals surface area (Å²) in [5.41, 5.74) is 1.89. The third-order valence-electron chi connectivity index (χ3n) is 2.92. The van der Waals surface area contributed by atoms with Crippen LogP contribution >= 0.6 is 38.9 Å². The largest absolute Gasteiger partial charge is 0.372 e. The van der Waals surface area contributed by atoms with Crippen LogP contribution in [0.15, 0.2) is 46.3 Å². The maximum atomic E-state index is 6.00. The zero-order valence-electron chi connectivity index (χ0n) is 11.1. The van der Waals surface area contributed by atoms with E-state index >= 15 is 0 Å². The van der Waals surface area contributed by atoms with Crippen molar-refractivity contribution in [3.05, 3.63) is 51.3 Å². The Morgan fingerprint density at radius 2 is 1.95 bits per heavy atom. The molecule has 3 rings (SSSR count). The van der Waals surface area contributed by atoms with Crippen LogP contribution in [-0.4, -0.2) is 17.0 Å². The molecule has 21 heavy (non-hydrogen) atoms. The van der Waals surface area contributed by atoms with E-state index in [1.165, 1.54) is 11.3 Å². The summed E-state index contributed by atoms with van der Waals surface area (Å²) < 4.78 is 0.850. The summed E-state index contributed by atoms with van der Waals surface area (Å²) in [5, 5.41) is 5.68. The number of nitrogens with one attached hydrogen (secondary N) is 1. The third kappa shape index (κ3) is 2.95. The van der Waals surface area contributed by atoms with Gasteiger partial charge in [-0.1, -0.05) is 41.9 Å². The van der Waals surface area contributed by atoms with Crippen LogP contribution in [0.25, 0.3) is 22.0 Å². The number of hydrogen-bond acceptors (Lipinski definition) is 4. The molecule has 2 heterocycles. The smallest absolute Gasteiger partial charge is 0.172 e. The van der Waals surface area contributed by atoms with E-state index in [0.29, 0.717) is 10.8 Å². The number of benzene rings is 1. The van der Waals surface area contributed by atoms with E-state index < -0.39 is 0 Å². The van der Waals surface area contributed by atoms with E-state index in [0.717, 1.165) is 26.4 Å². The molecule has 0 radical (unpaired) electrons. The molecule has 0 aliphatic heterocycles. The van der Waals surface area contributed by atoms with Gasteiger partial charge < -0.3 is 5.32 Å². The van der Waals surface area contributed by atoms with Crippen molar-refractivity contribution in [1.29, 1.82) is 0 Å². The number of halogens is 2. The second-order valence-corrected chi connectivity index (χ2v) is 6.44. The maximum absolute atomic E-state index is 6.00. The molecule has 0 atom stereocenters. The second-order valence-electron chi connectivity index (χ2n) is 4.30. The van der Waals surface area contributed by atoms with Crippen LogP contribution in [-0.2, 0) is 0 Å². The van der Waals surface area contributed by atoms with Crippen molar-refractivity contribution < 1.29 is 0 Å². The van der Waals surface area contributed by atoms with Gasteiger partial charge >= 0.3 is 0 Å². The molecule has 0 unspecified atom stereocenters. The fraction of sp³-hybridized carbons (Fsp3) is 0.0667. The van der Waals surface area contributed by atoms with Gasteiger partial charge in [-0.2, -0.15) is 0 Å². The van der Waals surface area contributed by atoms with E-state index in [1.54, 1.807) is 0 Å². The molecule has 6 heteroatoms. The highest BCUT2D eigenvalue weighted by Crippen LogP contribution is 2.35. The average Bonchev–Trinajstić information content (AvgIpc) is 2.95. The van der Waals surface area contributed by atoms with E-state index in [9.17, 15) is 0 Å². The topological polar surface area (TPSA) is 37.8 Å². The molecule has 2 aromatic heterocycles. The standard InChI is InChI=1S/C15H11BrClN3S/c1-18-15-12(16)13(9-5-3-2-4-6-9)19-14(20-15)11-7-10(17)8-21-11/h2-8H,1H3,(H,18,19,20). The van der Waals surface area contributed by atoms with Crippen LogP contribution in [0.3, 0.4) is 0 Å². The lowest BCUT2D eigenvalue weighted by molar-refractivity contribution is 1.16. The highest BCUT2D eigenvalue weighted by Gasteiger charge is 2.15. The van der Waals surface area contributed by atoms with E-state index in [1.807, 2.05) is 48.8 Å². The van der Waals surface area contributed by atoms with Gasteiger partial charge in [0.1, 0.15) is 5.82 Å². The van der Waals surface area contributed by atoms with Crippen molar-refractivity contribution in [2.75, 3.05) is 12.4 Å². The molecule has 0 spiro atoms. The minimum absolute atomic E-state index is 0.665. The number of thiophene rings is 1. The van der Waals surface area contributed by atoms with Gasteiger partial charge in [0, 0.05) is 18.0 Å². The Morgan fingerprint density at radius 3 is 2.57 bits per heavy atom. The fourth-order valence-electron chi connectivity index (χ4n) is 1.94. The van der Waals surface area contributed by atoms with Gasteiger partial charge in [-0.3, -0.25) is 0 Å². The average molecular weight is 381 g/mol. The SMILES string of the molecule is CNc1nc(-c2cc(Cl)cs2)nc(-c2ccccc2)c1Br. The van der Waals surface area contributed by atoms with Crippen LogP contribution in [0.4, 0.5) is 5.82 Å². The molecule has 106 valence electrons. The first kappa shape index (κ1) is 14.5. The van der Waals surface area contributed by atoms with Gasteiger partial charge in [0.25, 0.3) is 0 Å². The molecule has 0 aliphatic carbocycles. The fourth-order valence-corrected chi connectivity index (χ4v) is 3.55. The minimum Gasteiger partial charge on any atom is -0.372 e. The van der Waals surface area contributed by atoms with Crippen molar-refractivity contribution in [3.8, 4) is 22.0 Å². The first-order valence-electron chi connectivity index (χ1n) is 6.24. The van der Waals surface area contributed by atoms with Crippen molar-refractivity contribution in [2.45, 2.75) is 0 Å². The summed E-state index contributed by atoms with van der Waals surface area (Å²) >= 11 is 11.1. The monoisotopic (exact) mass is 379 g/mol. The molecule has 0 bridgehead atoms. The Kier molecular flexibility index (Phi) is 4.24. The minimum atomic E-state index is 0.665. The van der Waals surface area contributed by atoms with Gasteiger partial charge in [-0.25, -0.2) is 9.97 Å². The lowest BCUT2D eigenvalue weighted by Gasteiger charge is -2.10. The molecule has 0 amide bonds. The predicted molar refractivity (Wildman–Crippen MR) is 93.0 cm³/mol. The summed E-state index contributed by atoms with van der Waals surface area (Å²) in [6.45, 7) is 0. The quantitative estimate of drug-likeness (QED) is 0.667. The van der Waals surface area contributed by atoms with Gasteiger partial charge in [0.05, 0.1) is 20.1 Å². The van der Waals surface area contributed by atoms with Crippen LogP contribution < -0.4 is 5.32 Å². The third-order valence-corrected chi connectivity index (χ3v) is 4.95. The summed E-state index contributed by atoms with van der Waals surface area (Å²) in [7, 11) is 1.84. The van der Waals surface area contributed by atoms with Gasteiger partial charge in [-0.15, -0.1) is 11.3 Å². The highest BCUT2D eigenvalue weighted by atomic mass is 79.9. The zero-order valence-corrected chi connectivity index (χ0v) is 14.3. The molecule has 3 nitrogen and oxygen atoms in total. The summed E-state index contributed by atoms with van der Waals surface area (Å²) in [4.78, 5) is 10.2. The normalized spacial score (nSPS) is 10.6. The van der Waals surface area contributed by atoms with Gasteiger partial charge in [0.2, 0.25) is 0 Å². The van der Waals surface area contributed by atoms with Crippen LogP contribution in [0.2, 0.25) is 5.02 Å². The van der Waals surface area contributed by atoms with Gasteiger partial charge in [0.15, 0.2) is 5.82 Å². The summed E-state index contributed by atoms with van der Waals surface area (Å²) in [5.74, 6) is 1.42. The van der Waals surface area contributed by atoms with Crippen molar-refractivity contribution in [1.82, 2.24) is 9.97 Å². The van der Waals surface area contributed by atoms with Crippen LogP contribution in [0.5, 0.6) is 0 Å². The maximum Gasteiger partial charge on any atom is 0.172 e. The first-order chi connectivity index (χ1) is 10.2. The lowest BCUT2D eigenvalue weighted by atomic mass is 10.1. The molecule has 0 saturated carbocycles. The van der Waals surface area contributed by atoms with E-state index in [2.05, 4.69) is 31.2 Å². The summed E-state index contributed by atoms with van der Waals surface area (Å²) in [6, 6.07) is 11.9. The Bertz CT molecular complexity index is 774. The Morgan fingerprint density at radius 1 is 1.19 bits per heavy atom. The number of aromatic nitrogens is 2. The molecule has 1 aromatic carbocycles. The Labute approximate surface area is 140 Å². The number of anilines is 1. The van der Waals surface area contributed by atoms with E-state index in [4.69, 9.17) is 11.6 Å². The van der Waals surface area contributed by atoms with Crippen LogP contribution in [0.1, 0.15) is 0 Å². The van der Waals surface area contributed by atoms with Crippen molar-refractivity contribution in [3.63, 3.8) is 0 Å². The molecular formula is C15H11BrClN3S. The molecule has 1 N–H and O–H groups in total. The number of hydrogen-bond donors (Lipinski definition) is 1. The highest BCUT2D eigenvalue weighted by molar-refractivity contribution is 9.10. The lowest BCUT2D eigenvalue weighted by Crippen LogP contribution is -2.00. The molecule has 0 saturated heterocycles. The summed E-state index contributed by atoms with van der Waals surface area (Å²) in [6.07, 6.45) is 0. The number of rotatable bonds is 3. The molecular weight excluding hydrogens is 370 g/mol. The van der Waals surface area contributed by atoms with Crippen LogP contribution in [0, 0.1) is 0 Å². The van der Waals surface area contributed by atoms with Crippen molar-refractivity contribution >= 4 is 44.7 Å². The van der Waals surface area contributed by atoms with Crippen molar-refractivity contribution in [2.24, 2.45) is 0 Å². The molecule has 0 fully saturated rings. The number of nitrogens with zero attached hydrogens (tertiary/aromatic N) is 2. The van der Waals surface area contributed by atoms with Gasteiger partial charge in [-0.05, 0) is 22.0 Å². The molecule has 0 aliphatic rings. The first-order valence-corrected chi connectivity index (χ1v) is 8.29. The zero-order chi connectivity index (χ0) is 14.8. The predicted octanol–water partition coefficient (Wildman–Crippen LogP) is 5.33.